The zero-order chi connectivity index (χ0) is 23.4. The van der Waals surface area contributed by atoms with E-state index in [0.29, 0.717) is 20.1 Å². The molecule has 1 heterocycles. The first-order valence-corrected chi connectivity index (χ1v) is 10.7. The number of nitrogens with one attached hydrogen (secondary N) is 2. The number of halogens is 2. The second-order valence-electron chi connectivity index (χ2n) is 6.58. The Morgan fingerprint density at radius 3 is 1.47 bits per heavy atom. The third-order valence-electron chi connectivity index (χ3n) is 4.04. The van der Waals surface area contributed by atoms with Crippen LogP contribution in [0.1, 0.15) is 25.0 Å². The first kappa shape index (κ1) is 23.4. The van der Waals surface area contributed by atoms with Crippen molar-refractivity contribution < 1.29 is 19.1 Å². The maximum atomic E-state index is 12.6. The van der Waals surface area contributed by atoms with E-state index < -0.39 is 23.1 Å². The van der Waals surface area contributed by atoms with Gasteiger partial charge in [0.1, 0.15) is 22.2 Å². The molecule has 8 nitrogen and oxygen atoms in total. The van der Waals surface area contributed by atoms with Gasteiger partial charge in [0.15, 0.2) is 0 Å². The van der Waals surface area contributed by atoms with Gasteiger partial charge in [-0.25, -0.2) is 0 Å². The Hall–Kier alpha value is -3.24. The van der Waals surface area contributed by atoms with Crippen molar-refractivity contribution in [2.24, 2.45) is 0 Å². The van der Waals surface area contributed by atoms with E-state index >= 15 is 0 Å². The molecule has 0 aliphatic carbocycles. The molecular weight excluding hydrogens is 548 g/mol. The molecule has 10 heteroatoms. The number of esters is 2. The molecule has 0 atom stereocenters. The molecule has 3 aromatic rings. The van der Waals surface area contributed by atoms with Gasteiger partial charge < -0.3 is 19.4 Å². The predicted molar refractivity (Wildman–Crippen MR) is 125 cm³/mol. The fourth-order valence-electron chi connectivity index (χ4n) is 2.77. The quantitative estimate of drug-likeness (QED) is 0.371. The number of aromatic amines is 2. The number of hydrogen-bond acceptors (Lipinski definition) is 6. The zero-order valence-corrected chi connectivity index (χ0v) is 20.0. The van der Waals surface area contributed by atoms with Crippen molar-refractivity contribution in [2.75, 3.05) is 0 Å². The number of carbonyl (C=O) groups excluding carboxylic acids is 2. The van der Waals surface area contributed by atoms with Crippen molar-refractivity contribution in [3.8, 4) is 11.5 Å². The molecule has 0 amide bonds. The maximum absolute atomic E-state index is 12.6. The Balaban J connectivity index is 2.16. The minimum absolute atomic E-state index is 0.0342. The highest BCUT2D eigenvalue weighted by Gasteiger charge is 2.08. The summed E-state index contributed by atoms with van der Waals surface area (Å²) in [5, 5.41) is -0.0683. The van der Waals surface area contributed by atoms with Gasteiger partial charge in [0.2, 0.25) is 0 Å². The van der Waals surface area contributed by atoms with E-state index in [2.05, 4.69) is 41.8 Å². The van der Waals surface area contributed by atoms with Gasteiger partial charge in [0.05, 0.1) is 0 Å². The van der Waals surface area contributed by atoms with Gasteiger partial charge in [0, 0.05) is 33.9 Å². The van der Waals surface area contributed by atoms with E-state index in [1.807, 2.05) is 0 Å². The summed E-state index contributed by atoms with van der Waals surface area (Å²) < 4.78 is 11.7. The number of aromatic nitrogens is 2. The van der Waals surface area contributed by atoms with Crippen LogP contribution < -0.4 is 31.3 Å². The molecule has 2 aromatic carbocycles. The van der Waals surface area contributed by atoms with Crippen molar-refractivity contribution >= 4 is 56.0 Å². The van der Waals surface area contributed by atoms with Gasteiger partial charge in [-0.15, -0.1) is 0 Å². The lowest BCUT2D eigenvalue weighted by Crippen LogP contribution is -2.46. The van der Waals surface area contributed by atoms with E-state index in [9.17, 15) is 19.2 Å². The summed E-state index contributed by atoms with van der Waals surface area (Å²) in [6.07, 6.45) is 2.80. The molecule has 0 aliphatic heterocycles. The monoisotopic (exact) mass is 562 g/mol. The lowest BCUT2D eigenvalue weighted by molar-refractivity contribution is -0.132. The van der Waals surface area contributed by atoms with E-state index in [1.54, 1.807) is 36.4 Å². The maximum Gasteiger partial charge on any atom is 0.308 e. The molecule has 0 bridgehead atoms. The number of rotatable bonds is 4. The fraction of sp³-hybridized carbons (Fsp3) is 0.0909. The van der Waals surface area contributed by atoms with E-state index in [4.69, 9.17) is 9.47 Å². The number of ether oxygens (including phenoxy) is 2. The number of hydrogen-bond donors (Lipinski definition) is 2. The third kappa shape index (κ3) is 5.92. The molecule has 0 saturated carbocycles. The Bertz CT molecular complexity index is 1350. The highest BCUT2D eigenvalue weighted by Crippen LogP contribution is 2.24. The van der Waals surface area contributed by atoms with Crippen LogP contribution in [-0.2, 0) is 9.59 Å². The second kappa shape index (κ2) is 9.92. The van der Waals surface area contributed by atoms with Crippen molar-refractivity contribution in [3.63, 3.8) is 0 Å². The summed E-state index contributed by atoms with van der Waals surface area (Å²) in [4.78, 5) is 53.0. The summed E-state index contributed by atoms with van der Waals surface area (Å²) in [7, 11) is 0. The van der Waals surface area contributed by atoms with Crippen LogP contribution in [0.25, 0.3) is 12.2 Å². The van der Waals surface area contributed by atoms with Gasteiger partial charge in [-0.1, -0.05) is 31.9 Å². The molecule has 3 rings (SSSR count). The Kier molecular flexibility index (Phi) is 7.26. The summed E-state index contributed by atoms with van der Waals surface area (Å²) in [5.41, 5.74) is -0.324. The predicted octanol–water partition coefficient (Wildman–Crippen LogP) is 2.10. The van der Waals surface area contributed by atoms with Crippen LogP contribution >= 0.6 is 31.9 Å². The molecule has 1 aromatic heterocycles. The van der Waals surface area contributed by atoms with E-state index in [1.165, 1.54) is 26.0 Å². The summed E-state index contributed by atoms with van der Waals surface area (Å²) in [5.74, 6) is -0.577. The molecule has 2 N–H and O–H groups in total. The topological polar surface area (TPSA) is 118 Å². The van der Waals surface area contributed by atoms with Crippen LogP contribution in [0.5, 0.6) is 11.5 Å². The largest absolute Gasteiger partial charge is 0.426 e. The first-order valence-electron chi connectivity index (χ1n) is 9.14. The molecule has 0 saturated heterocycles. The minimum Gasteiger partial charge on any atom is -0.426 e. The SMILES string of the molecule is CC(=O)Oc1ccc(Br)cc1/C=c1\[nH]c(=O)/c(=C\c2cc(Br)ccc2OC(C)=O)[nH]c1=O. The van der Waals surface area contributed by atoms with E-state index in [0.717, 1.165) is 0 Å². The molecule has 164 valence electrons. The highest BCUT2D eigenvalue weighted by molar-refractivity contribution is 9.10. The lowest BCUT2D eigenvalue weighted by atomic mass is 10.2. The van der Waals surface area contributed by atoms with Crippen molar-refractivity contribution in [1.29, 1.82) is 0 Å². The highest BCUT2D eigenvalue weighted by atomic mass is 79.9. The van der Waals surface area contributed by atoms with Crippen LogP contribution in [-0.4, -0.2) is 21.9 Å². The van der Waals surface area contributed by atoms with Gasteiger partial charge >= 0.3 is 11.9 Å². The molecule has 32 heavy (non-hydrogen) atoms. The number of carbonyl (C=O) groups is 2. The van der Waals surface area contributed by atoms with Crippen LogP contribution in [0.15, 0.2) is 54.9 Å². The zero-order valence-electron chi connectivity index (χ0n) is 16.8. The Morgan fingerprint density at radius 2 is 1.12 bits per heavy atom. The standard InChI is InChI=1S/C22H16Br2N2O6/c1-11(27)31-19-5-3-15(23)7-13(19)9-17-21(29)26-18(22(30)25-17)10-14-8-16(24)4-6-20(14)32-12(2)28/h3-10H,1-2H3,(H,25,30)(H,26,29)/b17-9-,18-10+. The van der Waals surface area contributed by atoms with Gasteiger partial charge in [-0.3, -0.25) is 19.2 Å². The Morgan fingerprint density at radius 1 is 0.750 bits per heavy atom. The first-order chi connectivity index (χ1) is 15.1. The molecule has 0 aliphatic rings. The summed E-state index contributed by atoms with van der Waals surface area (Å²) in [6, 6.07) is 9.77. The fourth-order valence-corrected chi connectivity index (χ4v) is 3.52. The van der Waals surface area contributed by atoms with Gasteiger partial charge in [0.25, 0.3) is 11.1 Å². The summed E-state index contributed by atoms with van der Waals surface area (Å²) in [6.45, 7) is 2.52. The van der Waals surface area contributed by atoms with Crippen LogP contribution in [0.2, 0.25) is 0 Å². The average molecular weight is 564 g/mol. The minimum atomic E-state index is -0.575. The third-order valence-corrected chi connectivity index (χ3v) is 5.02. The number of benzene rings is 2. The Labute approximate surface area is 197 Å². The van der Waals surface area contributed by atoms with Crippen molar-refractivity contribution in [1.82, 2.24) is 9.97 Å². The molecule has 0 unspecified atom stereocenters. The van der Waals surface area contributed by atoms with Gasteiger partial charge in [-0.2, -0.15) is 0 Å². The van der Waals surface area contributed by atoms with Gasteiger partial charge in [-0.05, 0) is 48.6 Å². The smallest absolute Gasteiger partial charge is 0.308 e. The van der Waals surface area contributed by atoms with E-state index in [-0.39, 0.29) is 22.2 Å². The number of H-pyrrole nitrogens is 2. The normalized spacial score (nSPS) is 12.0. The van der Waals surface area contributed by atoms with Crippen LogP contribution in [0.3, 0.4) is 0 Å². The molecular formula is C22H16Br2N2O6. The average Bonchev–Trinajstić information content (AvgIpc) is 2.69. The van der Waals surface area contributed by atoms with Crippen LogP contribution in [0.4, 0.5) is 0 Å². The van der Waals surface area contributed by atoms with Crippen molar-refractivity contribution in [3.05, 3.63) is 87.9 Å². The molecule has 0 spiro atoms. The lowest BCUT2D eigenvalue weighted by Gasteiger charge is -2.06. The summed E-state index contributed by atoms with van der Waals surface area (Å²) >= 11 is 6.65. The van der Waals surface area contributed by atoms with Crippen molar-refractivity contribution in [2.45, 2.75) is 13.8 Å². The molecule has 0 fully saturated rings. The second-order valence-corrected chi connectivity index (χ2v) is 8.41. The van der Waals surface area contributed by atoms with Crippen LogP contribution in [0, 0.1) is 0 Å². The molecule has 0 radical (unpaired) electrons.